The van der Waals surface area contributed by atoms with E-state index in [1.54, 1.807) is 0 Å². The van der Waals surface area contributed by atoms with Gasteiger partial charge in [0.2, 0.25) is 0 Å². The van der Waals surface area contributed by atoms with Gasteiger partial charge in [-0.15, -0.1) is 0 Å². The maximum atomic E-state index is 12.0. The molecule has 1 saturated carbocycles. The van der Waals surface area contributed by atoms with E-state index in [-0.39, 0.29) is 6.09 Å². The summed E-state index contributed by atoms with van der Waals surface area (Å²) in [7, 11) is 0. The Kier molecular flexibility index (Phi) is 11.1. The number of benzene rings is 1. The van der Waals surface area contributed by atoms with E-state index in [0.717, 1.165) is 62.7 Å². The van der Waals surface area contributed by atoms with Gasteiger partial charge in [0.15, 0.2) is 0 Å². The molecule has 1 heterocycles. The summed E-state index contributed by atoms with van der Waals surface area (Å²) in [4.78, 5) is 12.0. The van der Waals surface area contributed by atoms with Crippen molar-refractivity contribution in [3.63, 3.8) is 0 Å². The molecule has 1 aliphatic carbocycles. The summed E-state index contributed by atoms with van der Waals surface area (Å²) >= 11 is -2.09. The Hall–Kier alpha value is -1.48. The maximum Gasteiger partial charge on any atom is 0.407 e. The van der Waals surface area contributed by atoms with Crippen LogP contribution in [0.1, 0.15) is 57.4 Å². The summed E-state index contributed by atoms with van der Waals surface area (Å²) in [5.74, 6) is 2.59. The number of nitrogens with zero attached hydrogens (tertiary/aromatic N) is 1. The number of piperidine rings is 1. The second kappa shape index (κ2) is 14.0. The molecule has 0 spiro atoms. The Morgan fingerprint density at radius 3 is 2.70 bits per heavy atom. The van der Waals surface area contributed by atoms with E-state index in [2.05, 4.69) is 12.2 Å². The predicted molar refractivity (Wildman–Crippen MR) is 128 cm³/mol. The molecule has 3 rings (SSSR count). The molecule has 186 valence electrons. The second-order valence-corrected chi connectivity index (χ2v) is 10.4. The molecule has 1 saturated heterocycles. The smallest absolute Gasteiger partial charge is 0.407 e. The van der Waals surface area contributed by atoms with Crippen molar-refractivity contribution in [2.75, 3.05) is 32.8 Å². The van der Waals surface area contributed by atoms with Gasteiger partial charge in [0.05, 0.1) is 0 Å². The van der Waals surface area contributed by atoms with Gasteiger partial charge in [-0.2, -0.15) is 0 Å². The zero-order valence-corrected chi connectivity index (χ0v) is 20.6. The van der Waals surface area contributed by atoms with Gasteiger partial charge >= 0.3 is 6.09 Å². The summed E-state index contributed by atoms with van der Waals surface area (Å²) in [6.45, 7) is 5.94. The highest BCUT2D eigenvalue weighted by Crippen LogP contribution is 2.49. The minimum absolute atomic E-state index is 0.299. The molecule has 1 aromatic carbocycles. The highest BCUT2D eigenvalue weighted by molar-refractivity contribution is 7.76. The fourth-order valence-corrected chi connectivity index (χ4v) is 5.48. The molecule has 0 aromatic heterocycles. The van der Waals surface area contributed by atoms with E-state index in [9.17, 15) is 13.6 Å². The third kappa shape index (κ3) is 9.35. The lowest BCUT2D eigenvalue weighted by molar-refractivity contribution is 0.0743. The van der Waals surface area contributed by atoms with E-state index in [1.165, 1.54) is 17.1 Å². The molecule has 8 heteroatoms. The average Bonchev–Trinajstić information content (AvgIpc) is 3.60. The number of ether oxygens (including phenoxy) is 2. The molecule has 7 nitrogen and oxygen atoms in total. The molecular weight excluding hydrogens is 440 g/mol. The molecule has 2 unspecified atom stereocenters. The van der Waals surface area contributed by atoms with Gasteiger partial charge in [-0.25, -0.2) is 9.10 Å². The first-order chi connectivity index (χ1) is 16.1. The first-order valence-electron chi connectivity index (χ1n) is 12.4. The second-order valence-electron chi connectivity index (χ2n) is 9.44. The van der Waals surface area contributed by atoms with Crippen molar-refractivity contribution in [1.29, 1.82) is 0 Å². The Bertz CT molecular complexity index is 727. The normalized spacial score (nSPS) is 23.1. The maximum absolute atomic E-state index is 12.0. The number of rotatable bonds is 14. The molecule has 2 fully saturated rings. The zero-order valence-electron chi connectivity index (χ0n) is 19.8. The van der Waals surface area contributed by atoms with Crippen molar-refractivity contribution in [3.05, 3.63) is 35.9 Å². The summed E-state index contributed by atoms with van der Waals surface area (Å²) in [5, 5.41) is 2.91. The van der Waals surface area contributed by atoms with E-state index < -0.39 is 11.3 Å². The van der Waals surface area contributed by atoms with Gasteiger partial charge in [-0.05, 0) is 61.3 Å². The highest BCUT2D eigenvalue weighted by Gasteiger charge is 2.41. The van der Waals surface area contributed by atoms with Crippen molar-refractivity contribution in [2.24, 2.45) is 23.7 Å². The predicted octanol–water partition coefficient (Wildman–Crippen LogP) is 4.27. The van der Waals surface area contributed by atoms with Gasteiger partial charge in [0, 0.05) is 44.1 Å². The van der Waals surface area contributed by atoms with E-state index >= 15 is 0 Å². The van der Waals surface area contributed by atoms with Crippen LogP contribution < -0.4 is 5.32 Å². The molecule has 1 aliphatic heterocycles. The van der Waals surface area contributed by atoms with Crippen LogP contribution in [0, 0.1) is 23.7 Å². The van der Waals surface area contributed by atoms with Crippen molar-refractivity contribution in [3.8, 4) is 0 Å². The first-order valence-corrected chi connectivity index (χ1v) is 13.5. The third-order valence-corrected chi connectivity index (χ3v) is 7.80. The van der Waals surface area contributed by atoms with E-state index in [0.29, 0.717) is 38.1 Å². The van der Waals surface area contributed by atoms with Crippen LogP contribution in [0.5, 0.6) is 0 Å². The quantitative estimate of drug-likeness (QED) is 0.318. The molecule has 2 aliphatic rings. The van der Waals surface area contributed by atoms with Crippen LogP contribution in [-0.4, -0.2) is 52.0 Å². The monoisotopic (exact) mass is 479 g/mol. The van der Waals surface area contributed by atoms with Crippen LogP contribution in [0.15, 0.2) is 30.3 Å². The number of hydrogen-bond acceptors (Lipinski definition) is 5. The molecule has 4 atom stereocenters. The first kappa shape index (κ1) is 26.1. The van der Waals surface area contributed by atoms with Crippen LogP contribution in [0.25, 0.3) is 0 Å². The van der Waals surface area contributed by atoms with Crippen molar-refractivity contribution < 1.29 is 23.0 Å². The van der Waals surface area contributed by atoms with E-state index in [1.807, 2.05) is 30.3 Å². The Balaban J connectivity index is 1.24. The van der Waals surface area contributed by atoms with Crippen LogP contribution >= 0.6 is 0 Å². The number of nitrogens with one attached hydrogen (secondary N) is 1. The van der Waals surface area contributed by atoms with Gasteiger partial charge in [-0.1, -0.05) is 50.1 Å². The molecule has 1 amide bonds. The summed E-state index contributed by atoms with van der Waals surface area (Å²) in [6.07, 6.45) is 7.15. The number of amides is 1. The standard InChI is InChI=1S/C25H40N2O5S/c1-2-6-22(9-13-26-25(28)32-19-20-7-4-3-5-8-20)24-17-23(24)12-16-31-18-21-10-14-27(15-11-21)33(29)30/h3-5,7-8,21-24H,2,6,9-19H2,1H3,(H,26,28)(H,29,30)/p-1/t22?,23-,24-/m1/s1. The molecule has 1 N–H and O–H groups in total. The summed E-state index contributed by atoms with van der Waals surface area (Å²) < 4.78 is 34.7. The largest absolute Gasteiger partial charge is 0.760 e. The Labute approximate surface area is 201 Å². The number of alkyl carbamates (subject to hydrolysis) is 1. The summed E-state index contributed by atoms with van der Waals surface area (Å²) in [5.41, 5.74) is 0.990. The number of carbonyl (C=O) groups is 1. The third-order valence-electron chi connectivity index (χ3n) is 7.01. The van der Waals surface area contributed by atoms with Crippen molar-refractivity contribution >= 4 is 17.4 Å². The lowest BCUT2D eigenvalue weighted by Gasteiger charge is -2.32. The molecule has 1 aromatic rings. The van der Waals surface area contributed by atoms with Gasteiger partial charge in [0.25, 0.3) is 0 Å². The van der Waals surface area contributed by atoms with Crippen molar-refractivity contribution in [1.82, 2.24) is 9.62 Å². The SMILES string of the molecule is CCCC(CCNC(=O)OCc1ccccc1)[C@H]1C[C@H]1CCOCC1CCN(S(=O)[O-])CC1. The summed E-state index contributed by atoms with van der Waals surface area (Å²) in [6, 6.07) is 9.71. The minimum Gasteiger partial charge on any atom is -0.760 e. The average molecular weight is 480 g/mol. The topological polar surface area (TPSA) is 90.9 Å². The molecule has 0 radical (unpaired) electrons. The highest BCUT2D eigenvalue weighted by atomic mass is 32.2. The number of hydrogen-bond donors (Lipinski definition) is 1. The van der Waals surface area contributed by atoms with Crippen LogP contribution in [0.4, 0.5) is 4.79 Å². The fourth-order valence-electron chi connectivity index (χ4n) is 4.97. The van der Waals surface area contributed by atoms with Crippen LogP contribution in [0.2, 0.25) is 0 Å². The lowest BCUT2D eigenvalue weighted by atomic mass is 9.92. The molecule has 0 bridgehead atoms. The van der Waals surface area contributed by atoms with E-state index in [4.69, 9.17) is 9.47 Å². The molecular formula is C25H39N2O5S-. The fraction of sp³-hybridized carbons (Fsp3) is 0.720. The van der Waals surface area contributed by atoms with Gasteiger partial charge in [-0.3, -0.25) is 4.21 Å². The zero-order chi connectivity index (χ0) is 23.5. The Morgan fingerprint density at radius 2 is 2.00 bits per heavy atom. The van der Waals surface area contributed by atoms with Crippen LogP contribution in [0.3, 0.4) is 0 Å². The van der Waals surface area contributed by atoms with Gasteiger partial charge in [0.1, 0.15) is 6.61 Å². The lowest BCUT2D eigenvalue weighted by Crippen LogP contribution is -2.36. The number of carbonyl (C=O) groups excluding carboxylic acids is 1. The minimum atomic E-state index is -2.09. The van der Waals surface area contributed by atoms with Gasteiger partial charge < -0.3 is 19.3 Å². The Morgan fingerprint density at radius 1 is 1.24 bits per heavy atom. The molecule has 33 heavy (non-hydrogen) atoms. The van der Waals surface area contributed by atoms with Crippen molar-refractivity contribution in [2.45, 2.75) is 58.5 Å². The van der Waals surface area contributed by atoms with Crippen LogP contribution in [-0.2, 0) is 27.3 Å².